The van der Waals surface area contributed by atoms with Gasteiger partial charge in [0.1, 0.15) is 5.82 Å². The molecule has 2 N–H and O–H groups in total. The first kappa shape index (κ1) is 12.4. The number of nitrogens with zero attached hydrogens (tertiary/aromatic N) is 1. The normalized spacial score (nSPS) is 22.4. The van der Waals surface area contributed by atoms with E-state index in [1.807, 2.05) is 6.07 Å². The van der Waals surface area contributed by atoms with Gasteiger partial charge in [0, 0.05) is 6.04 Å². The van der Waals surface area contributed by atoms with E-state index in [0.717, 1.165) is 6.42 Å². The Kier molecular flexibility index (Phi) is 3.47. The van der Waals surface area contributed by atoms with Gasteiger partial charge >= 0.3 is 5.97 Å². The van der Waals surface area contributed by atoms with Crippen LogP contribution in [0.25, 0.3) is 0 Å². The maximum absolute atomic E-state index is 13.6. The average molecular weight is 248 g/mol. The molecule has 0 heterocycles. The van der Waals surface area contributed by atoms with Gasteiger partial charge in [0.2, 0.25) is 0 Å². The number of aliphatic carboxylic acids is 1. The minimum Gasteiger partial charge on any atom is -0.481 e. The summed E-state index contributed by atoms with van der Waals surface area (Å²) in [7, 11) is 0. The predicted molar refractivity (Wildman–Crippen MR) is 63.5 cm³/mol. The summed E-state index contributed by atoms with van der Waals surface area (Å²) in [5.74, 6) is -1.61. The van der Waals surface area contributed by atoms with Crippen molar-refractivity contribution in [1.82, 2.24) is 0 Å². The fraction of sp³-hybridized carbons (Fsp3) is 0.385. The standard InChI is InChI=1S/C13H13FN2O2/c14-11-5-8(7-15)1-4-12(11)16-10-3-2-9(6-10)13(17)18/h1,4-5,9-10,16H,2-3,6H2,(H,17,18). The molecule has 2 unspecified atom stereocenters. The molecule has 0 bridgehead atoms. The molecule has 0 aliphatic heterocycles. The number of anilines is 1. The number of carboxylic acid groups (broad SMARTS) is 1. The zero-order chi connectivity index (χ0) is 13.1. The highest BCUT2D eigenvalue weighted by atomic mass is 19.1. The molecule has 94 valence electrons. The highest BCUT2D eigenvalue weighted by Gasteiger charge is 2.29. The van der Waals surface area contributed by atoms with Gasteiger partial charge in [0.15, 0.2) is 0 Å². The quantitative estimate of drug-likeness (QED) is 0.861. The van der Waals surface area contributed by atoms with Crippen molar-refractivity contribution in [2.45, 2.75) is 25.3 Å². The molecule has 1 aromatic rings. The summed E-state index contributed by atoms with van der Waals surface area (Å²) < 4.78 is 13.6. The van der Waals surface area contributed by atoms with E-state index >= 15 is 0 Å². The van der Waals surface area contributed by atoms with E-state index < -0.39 is 11.8 Å². The van der Waals surface area contributed by atoms with E-state index in [1.54, 1.807) is 0 Å². The summed E-state index contributed by atoms with van der Waals surface area (Å²) in [6, 6.07) is 6.07. The summed E-state index contributed by atoms with van der Waals surface area (Å²) in [5, 5.41) is 20.5. The van der Waals surface area contributed by atoms with Gasteiger partial charge in [-0.15, -0.1) is 0 Å². The highest BCUT2D eigenvalue weighted by molar-refractivity contribution is 5.70. The van der Waals surface area contributed by atoms with Crippen LogP contribution in [0.4, 0.5) is 10.1 Å². The molecule has 1 aliphatic carbocycles. The van der Waals surface area contributed by atoms with E-state index in [2.05, 4.69) is 5.32 Å². The molecule has 2 atom stereocenters. The smallest absolute Gasteiger partial charge is 0.306 e. The Morgan fingerprint density at radius 2 is 2.28 bits per heavy atom. The number of benzene rings is 1. The number of carboxylic acids is 1. The summed E-state index contributed by atoms with van der Waals surface area (Å²) in [6.45, 7) is 0. The van der Waals surface area contributed by atoms with Gasteiger partial charge in [0.05, 0.1) is 23.2 Å². The monoisotopic (exact) mass is 248 g/mol. The number of nitriles is 1. The molecule has 0 radical (unpaired) electrons. The SMILES string of the molecule is N#Cc1ccc(NC2CCC(C(=O)O)C2)c(F)c1. The Bertz CT molecular complexity index is 510. The molecule has 1 saturated carbocycles. The van der Waals surface area contributed by atoms with Gasteiger partial charge in [0.25, 0.3) is 0 Å². The fourth-order valence-corrected chi connectivity index (χ4v) is 2.26. The topological polar surface area (TPSA) is 73.1 Å². The molecule has 0 saturated heterocycles. The average Bonchev–Trinajstić information content (AvgIpc) is 2.80. The van der Waals surface area contributed by atoms with Crippen molar-refractivity contribution in [1.29, 1.82) is 5.26 Å². The highest BCUT2D eigenvalue weighted by Crippen LogP contribution is 2.29. The fourth-order valence-electron chi connectivity index (χ4n) is 2.26. The van der Waals surface area contributed by atoms with Crippen molar-refractivity contribution in [3.63, 3.8) is 0 Å². The Morgan fingerprint density at radius 3 is 2.83 bits per heavy atom. The summed E-state index contributed by atoms with van der Waals surface area (Å²) in [6.07, 6.45) is 1.84. The van der Waals surface area contributed by atoms with Crippen molar-refractivity contribution >= 4 is 11.7 Å². The van der Waals surface area contributed by atoms with Crippen LogP contribution in [0.5, 0.6) is 0 Å². The lowest BCUT2D eigenvalue weighted by atomic mass is 10.1. The summed E-state index contributed by atoms with van der Waals surface area (Å²) in [4.78, 5) is 10.8. The van der Waals surface area contributed by atoms with Crippen LogP contribution in [0.2, 0.25) is 0 Å². The molecule has 4 nitrogen and oxygen atoms in total. The molecule has 0 amide bonds. The lowest BCUT2D eigenvalue weighted by molar-refractivity contribution is -0.141. The maximum atomic E-state index is 13.6. The lowest BCUT2D eigenvalue weighted by Gasteiger charge is -2.14. The molecule has 5 heteroatoms. The molecule has 1 fully saturated rings. The minimum atomic E-state index is -0.792. The Labute approximate surface area is 104 Å². The molecule has 18 heavy (non-hydrogen) atoms. The number of carbonyl (C=O) groups is 1. The molecule has 0 spiro atoms. The molecular formula is C13H13FN2O2. The van der Waals surface area contributed by atoms with Crippen molar-refractivity contribution in [2.24, 2.45) is 5.92 Å². The van der Waals surface area contributed by atoms with Crippen LogP contribution in [-0.2, 0) is 4.79 Å². The molecular weight excluding hydrogens is 235 g/mol. The van der Waals surface area contributed by atoms with E-state index in [4.69, 9.17) is 10.4 Å². The number of hydrogen-bond donors (Lipinski definition) is 2. The second-order valence-electron chi connectivity index (χ2n) is 4.50. The van der Waals surface area contributed by atoms with Crippen molar-refractivity contribution < 1.29 is 14.3 Å². The Morgan fingerprint density at radius 1 is 1.50 bits per heavy atom. The third-order valence-corrected chi connectivity index (χ3v) is 3.24. The minimum absolute atomic E-state index is 0.0199. The largest absolute Gasteiger partial charge is 0.481 e. The van der Waals surface area contributed by atoms with E-state index in [-0.39, 0.29) is 17.5 Å². The van der Waals surface area contributed by atoms with E-state index in [9.17, 15) is 9.18 Å². The zero-order valence-corrected chi connectivity index (χ0v) is 9.69. The number of halogens is 1. The summed E-state index contributed by atoms with van der Waals surface area (Å²) in [5.41, 5.74) is 0.595. The maximum Gasteiger partial charge on any atom is 0.306 e. The second kappa shape index (κ2) is 5.05. The van der Waals surface area contributed by atoms with Gasteiger partial charge < -0.3 is 10.4 Å². The van der Waals surface area contributed by atoms with Crippen molar-refractivity contribution in [2.75, 3.05) is 5.32 Å². The summed E-state index contributed by atoms with van der Waals surface area (Å²) >= 11 is 0. The van der Waals surface area contributed by atoms with Gasteiger partial charge in [-0.1, -0.05) is 0 Å². The second-order valence-corrected chi connectivity index (χ2v) is 4.50. The number of nitrogens with one attached hydrogen (secondary N) is 1. The molecule has 1 aromatic carbocycles. The third kappa shape index (κ3) is 2.59. The predicted octanol–water partition coefficient (Wildman–Crippen LogP) is 2.36. The van der Waals surface area contributed by atoms with Crippen LogP contribution in [-0.4, -0.2) is 17.1 Å². The Balaban J connectivity index is 2.03. The third-order valence-electron chi connectivity index (χ3n) is 3.24. The van der Waals surface area contributed by atoms with Gasteiger partial charge in [-0.05, 0) is 37.5 Å². The van der Waals surface area contributed by atoms with Crippen LogP contribution in [0, 0.1) is 23.1 Å². The van der Waals surface area contributed by atoms with Crippen LogP contribution < -0.4 is 5.32 Å². The van der Waals surface area contributed by atoms with Crippen molar-refractivity contribution in [3.05, 3.63) is 29.6 Å². The first-order valence-electron chi connectivity index (χ1n) is 5.79. The van der Waals surface area contributed by atoms with E-state index in [0.29, 0.717) is 18.5 Å². The van der Waals surface area contributed by atoms with Gasteiger partial charge in [-0.3, -0.25) is 4.79 Å². The first-order valence-corrected chi connectivity index (χ1v) is 5.79. The van der Waals surface area contributed by atoms with Crippen LogP contribution in [0.3, 0.4) is 0 Å². The van der Waals surface area contributed by atoms with Crippen molar-refractivity contribution in [3.8, 4) is 6.07 Å². The van der Waals surface area contributed by atoms with E-state index in [1.165, 1.54) is 18.2 Å². The molecule has 0 aromatic heterocycles. The lowest BCUT2D eigenvalue weighted by Crippen LogP contribution is -2.18. The van der Waals surface area contributed by atoms with Gasteiger partial charge in [-0.25, -0.2) is 4.39 Å². The molecule has 1 aliphatic rings. The Hall–Kier alpha value is -2.09. The zero-order valence-electron chi connectivity index (χ0n) is 9.69. The van der Waals surface area contributed by atoms with Crippen LogP contribution >= 0.6 is 0 Å². The van der Waals surface area contributed by atoms with Crippen LogP contribution in [0.15, 0.2) is 18.2 Å². The first-order chi connectivity index (χ1) is 8.60. The van der Waals surface area contributed by atoms with Gasteiger partial charge in [-0.2, -0.15) is 5.26 Å². The number of hydrogen-bond acceptors (Lipinski definition) is 3. The number of rotatable bonds is 3. The molecule has 2 rings (SSSR count). The van der Waals surface area contributed by atoms with Crippen LogP contribution in [0.1, 0.15) is 24.8 Å².